The number of ether oxygens (including phenoxy) is 1. The SMILES string of the molecule is CC[C@H](C(=O)Nc1cccc(Cl)c1C)N(c1ccc(OC)c(Cl)c1)S(C)(=O)=O. The van der Waals surface area contributed by atoms with Crippen LogP contribution in [-0.4, -0.2) is 33.7 Å². The zero-order valence-electron chi connectivity index (χ0n) is 16.0. The highest BCUT2D eigenvalue weighted by Crippen LogP contribution is 2.32. The smallest absolute Gasteiger partial charge is 0.248 e. The van der Waals surface area contributed by atoms with Gasteiger partial charge < -0.3 is 10.1 Å². The van der Waals surface area contributed by atoms with Crippen molar-refractivity contribution in [2.24, 2.45) is 0 Å². The number of nitrogens with zero attached hydrogens (tertiary/aromatic N) is 1. The Bertz CT molecular complexity index is 980. The monoisotopic (exact) mass is 444 g/mol. The van der Waals surface area contributed by atoms with Gasteiger partial charge in [-0.2, -0.15) is 0 Å². The first-order valence-electron chi connectivity index (χ1n) is 8.49. The number of rotatable bonds is 7. The number of benzene rings is 2. The highest BCUT2D eigenvalue weighted by atomic mass is 35.5. The molecule has 0 heterocycles. The number of anilines is 2. The van der Waals surface area contributed by atoms with Crippen molar-refractivity contribution in [1.29, 1.82) is 0 Å². The molecule has 0 fully saturated rings. The lowest BCUT2D eigenvalue weighted by molar-refractivity contribution is -0.117. The minimum Gasteiger partial charge on any atom is -0.495 e. The summed E-state index contributed by atoms with van der Waals surface area (Å²) in [5.74, 6) is -0.0591. The van der Waals surface area contributed by atoms with Gasteiger partial charge in [0, 0.05) is 10.7 Å². The lowest BCUT2D eigenvalue weighted by Crippen LogP contribution is -2.47. The molecule has 6 nitrogen and oxygen atoms in total. The molecule has 152 valence electrons. The van der Waals surface area contributed by atoms with Crippen LogP contribution in [0.25, 0.3) is 0 Å². The van der Waals surface area contributed by atoms with Gasteiger partial charge in [-0.3, -0.25) is 9.10 Å². The van der Waals surface area contributed by atoms with Crippen molar-refractivity contribution >= 4 is 50.5 Å². The summed E-state index contributed by atoms with van der Waals surface area (Å²) in [6.45, 7) is 3.51. The zero-order valence-corrected chi connectivity index (χ0v) is 18.3. The molecule has 9 heteroatoms. The summed E-state index contributed by atoms with van der Waals surface area (Å²) in [5, 5.41) is 3.53. The number of hydrogen-bond donors (Lipinski definition) is 1. The Morgan fingerprint density at radius 1 is 1.21 bits per heavy atom. The molecule has 0 saturated heterocycles. The first kappa shape index (κ1) is 22.3. The van der Waals surface area contributed by atoms with E-state index in [1.807, 2.05) is 0 Å². The quantitative estimate of drug-likeness (QED) is 0.681. The predicted molar refractivity (Wildman–Crippen MR) is 114 cm³/mol. The molecule has 0 unspecified atom stereocenters. The summed E-state index contributed by atoms with van der Waals surface area (Å²) in [6, 6.07) is 8.73. The van der Waals surface area contributed by atoms with Gasteiger partial charge >= 0.3 is 0 Å². The molecule has 2 aromatic carbocycles. The molecule has 0 spiro atoms. The number of nitrogens with one attached hydrogen (secondary N) is 1. The van der Waals surface area contributed by atoms with E-state index in [9.17, 15) is 13.2 Å². The maximum Gasteiger partial charge on any atom is 0.248 e. The summed E-state index contributed by atoms with van der Waals surface area (Å²) in [5.41, 5.74) is 1.50. The predicted octanol–water partition coefficient (Wildman–Crippen LogP) is 4.49. The van der Waals surface area contributed by atoms with Gasteiger partial charge in [-0.15, -0.1) is 0 Å². The number of carbonyl (C=O) groups is 1. The van der Waals surface area contributed by atoms with Gasteiger partial charge in [-0.1, -0.05) is 36.2 Å². The fourth-order valence-corrected chi connectivity index (χ4v) is 4.44. The number of amides is 1. The summed E-state index contributed by atoms with van der Waals surface area (Å²) >= 11 is 12.3. The second-order valence-corrected chi connectivity index (χ2v) is 8.88. The molecular weight excluding hydrogens is 423 g/mol. The van der Waals surface area contributed by atoms with E-state index in [0.29, 0.717) is 22.0 Å². The second kappa shape index (κ2) is 9.03. The highest BCUT2D eigenvalue weighted by Gasteiger charge is 2.32. The van der Waals surface area contributed by atoms with Crippen LogP contribution in [0.15, 0.2) is 36.4 Å². The molecule has 28 heavy (non-hydrogen) atoms. The summed E-state index contributed by atoms with van der Waals surface area (Å²) in [7, 11) is -2.31. The summed E-state index contributed by atoms with van der Waals surface area (Å²) in [4.78, 5) is 13.0. The third-order valence-electron chi connectivity index (χ3n) is 4.25. The average molecular weight is 445 g/mol. The number of methoxy groups -OCH3 is 1. The Morgan fingerprint density at radius 3 is 2.43 bits per heavy atom. The first-order valence-corrected chi connectivity index (χ1v) is 11.1. The van der Waals surface area contributed by atoms with Crippen LogP contribution < -0.4 is 14.4 Å². The van der Waals surface area contributed by atoms with E-state index >= 15 is 0 Å². The third kappa shape index (κ3) is 4.90. The van der Waals surface area contributed by atoms with Crippen molar-refractivity contribution in [3.8, 4) is 5.75 Å². The van der Waals surface area contributed by atoms with Crippen LogP contribution in [0, 0.1) is 6.92 Å². The van der Waals surface area contributed by atoms with Crippen molar-refractivity contribution in [1.82, 2.24) is 0 Å². The second-order valence-electron chi connectivity index (χ2n) is 6.20. The Balaban J connectivity index is 2.44. The molecular formula is C19H22Cl2N2O4S. The van der Waals surface area contributed by atoms with Crippen molar-refractivity contribution < 1.29 is 17.9 Å². The van der Waals surface area contributed by atoms with Crippen LogP contribution in [-0.2, 0) is 14.8 Å². The third-order valence-corrected chi connectivity index (χ3v) is 6.13. The van der Waals surface area contributed by atoms with E-state index in [4.69, 9.17) is 27.9 Å². The molecule has 0 saturated carbocycles. The summed E-state index contributed by atoms with van der Waals surface area (Å²) in [6.07, 6.45) is 1.30. The Kier molecular flexibility index (Phi) is 7.20. The molecule has 2 aromatic rings. The van der Waals surface area contributed by atoms with Crippen molar-refractivity contribution in [3.63, 3.8) is 0 Å². The van der Waals surface area contributed by atoms with E-state index in [2.05, 4.69) is 5.32 Å². The molecule has 2 rings (SSSR count). The van der Waals surface area contributed by atoms with Crippen molar-refractivity contribution in [3.05, 3.63) is 52.0 Å². The van der Waals surface area contributed by atoms with Gasteiger partial charge in [-0.05, 0) is 49.2 Å². The van der Waals surface area contributed by atoms with Gasteiger partial charge in [0.2, 0.25) is 15.9 Å². The molecule has 1 N–H and O–H groups in total. The molecule has 1 amide bonds. The summed E-state index contributed by atoms with van der Waals surface area (Å²) < 4.78 is 31.2. The highest BCUT2D eigenvalue weighted by molar-refractivity contribution is 7.92. The van der Waals surface area contributed by atoms with Crippen LogP contribution >= 0.6 is 23.2 Å². The lowest BCUT2D eigenvalue weighted by Gasteiger charge is -2.30. The Labute approximate surface area is 175 Å². The van der Waals surface area contributed by atoms with E-state index < -0.39 is 22.0 Å². The molecule has 0 aromatic heterocycles. The standard InChI is InChI=1S/C19H22Cl2N2O4S/c1-5-17(19(24)22-16-8-6-7-14(20)12(16)2)23(28(4,25)26)13-9-10-18(27-3)15(21)11-13/h6-11,17H,5H2,1-4H3,(H,22,24)/t17-/m1/s1. The normalized spacial score (nSPS) is 12.4. The van der Waals surface area contributed by atoms with Crippen LogP contribution in [0.4, 0.5) is 11.4 Å². The van der Waals surface area contributed by atoms with Crippen LogP contribution in [0.3, 0.4) is 0 Å². The first-order chi connectivity index (χ1) is 13.1. The van der Waals surface area contributed by atoms with Crippen molar-refractivity contribution in [2.75, 3.05) is 23.0 Å². The minimum atomic E-state index is -3.77. The van der Waals surface area contributed by atoms with Crippen LogP contribution in [0.1, 0.15) is 18.9 Å². The number of hydrogen-bond acceptors (Lipinski definition) is 4. The maximum absolute atomic E-state index is 13.0. The van der Waals surface area contributed by atoms with Crippen LogP contribution in [0.5, 0.6) is 5.75 Å². The fourth-order valence-electron chi connectivity index (χ4n) is 2.81. The Hall–Kier alpha value is -1.96. The van der Waals surface area contributed by atoms with E-state index in [-0.39, 0.29) is 17.1 Å². The van der Waals surface area contributed by atoms with Gasteiger partial charge in [0.1, 0.15) is 11.8 Å². The van der Waals surface area contributed by atoms with Gasteiger partial charge in [0.15, 0.2) is 0 Å². The maximum atomic E-state index is 13.0. The van der Waals surface area contributed by atoms with Crippen LogP contribution in [0.2, 0.25) is 10.0 Å². The Morgan fingerprint density at radius 2 is 1.89 bits per heavy atom. The molecule has 1 atom stereocenters. The van der Waals surface area contributed by atoms with E-state index in [0.717, 1.165) is 10.6 Å². The van der Waals surface area contributed by atoms with Gasteiger partial charge in [0.05, 0.1) is 24.1 Å². The largest absolute Gasteiger partial charge is 0.495 e. The number of carbonyl (C=O) groups excluding carboxylic acids is 1. The average Bonchev–Trinajstić information content (AvgIpc) is 2.62. The van der Waals surface area contributed by atoms with Gasteiger partial charge in [-0.25, -0.2) is 8.42 Å². The fraction of sp³-hybridized carbons (Fsp3) is 0.316. The molecule has 0 aliphatic carbocycles. The van der Waals surface area contributed by atoms with Crippen molar-refractivity contribution in [2.45, 2.75) is 26.3 Å². The molecule has 0 aliphatic rings. The van der Waals surface area contributed by atoms with E-state index in [1.54, 1.807) is 44.2 Å². The molecule has 0 aliphatic heterocycles. The van der Waals surface area contributed by atoms with Gasteiger partial charge in [0.25, 0.3) is 0 Å². The zero-order chi connectivity index (χ0) is 21.1. The molecule has 0 bridgehead atoms. The number of sulfonamides is 1. The minimum absolute atomic E-state index is 0.245. The lowest BCUT2D eigenvalue weighted by atomic mass is 10.1. The molecule has 0 radical (unpaired) electrons. The topological polar surface area (TPSA) is 75.7 Å². The number of halogens is 2. The van der Waals surface area contributed by atoms with E-state index in [1.165, 1.54) is 13.2 Å².